The number of aryl methyl sites for hydroxylation is 2. The van der Waals surface area contributed by atoms with Crippen molar-refractivity contribution in [2.75, 3.05) is 12.4 Å². The smallest absolute Gasteiger partial charge is 0.173 e. The van der Waals surface area contributed by atoms with Gasteiger partial charge in [0.25, 0.3) is 0 Å². The van der Waals surface area contributed by atoms with Crippen molar-refractivity contribution in [3.8, 4) is 5.06 Å². The quantitative estimate of drug-likeness (QED) is 0.887. The highest BCUT2D eigenvalue weighted by Crippen LogP contribution is 2.24. The molecule has 2 aromatic heterocycles. The molecule has 0 fully saturated rings. The summed E-state index contributed by atoms with van der Waals surface area (Å²) < 4.78 is 7.00. The fourth-order valence-corrected chi connectivity index (χ4v) is 2.15. The second kappa shape index (κ2) is 4.57. The number of aromatic nitrogens is 2. The van der Waals surface area contributed by atoms with Crippen molar-refractivity contribution in [2.45, 2.75) is 13.5 Å². The van der Waals surface area contributed by atoms with E-state index in [9.17, 15) is 0 Å². The van der Waals surface area contributed by atoms with Gasteiger partial charge in [-0.15, -0.1) is 11.3 Å². The molecule has 0 aliphatic carbocycles. The fourth-order valence-electron chi connectivity index (χ4n) is 1.39. The van der Waals surface area contributed by atoms with E-state index >= 15 is 0 Å². The zero-order chi connectivity index (χ0) is 11.5. The summed E-state index contributed by atoms with van der Waals surface area (Å²) in [7, 11) is 3.62. The average molecular weight is 237 g/mol. The van der Waals surface area contributed by atoms with Crippen LogP contribution in [0.15, 0.2) is 18.2 Å². The van der Waals surface area contributed by atoms with Crippen LogP contribution in [0.2, 0.25) is 0 Å². The number of anilines is 1. The first-order chi connectivity index (χ1) is 7.69. The van der Waals surface area contributed by atoms with Crippen LogP contribution in [0.4, 0.5) is 5.82 Å². The van der Waals surface area contributed by atoms with Gasteiger partial charge in [0.05, 0.1) is 13.7 Å². The van der Waals surface area contributed by atoms with Crippen molar-refractivity contribution in [1.82, 2.24) is 9.78 Å². The van der Waals surface area contributed by atoms with Crippen molar-refractivity contribution < 1.29 is 4.74 Å². The Balaban J connectivity index is 1.96. The van der Waals surface area contributed by atoms with E-state index in [0.717, 1.165) is 23.1 Å². The predicted molar refractivity (Wildman–Crippen MR) is 66.1 cm³/mol. The summed E-state index contributed by atoms with van der Waals surface area (Å²) in [4.78, 5) is 1.24. The number of hydrogen-bond acceptors (Lipinski definition) is 4. The molecule has 0 aromatic carbocycles. The highest BCUT2D eigenvalue weighted by Gasteiger charge is 2.02. The van der Waals surface area contributed by atoms with Crippen LogP contribution in [-0.2, 0) is 13.6 Å². The van der Waals surface area contributed by atoms with Gasteiger partial charge in [-0.25, -0.2) is 0 Å². The maximum absolute atomic E-state index is 5.14. The molecule has 4 nitrogen and oxygen atoms in total. The lowest BCUT2D eigenvalue weighted by Crippen LogP contribution is -1.99. The lowest BCUT2D eigenvalue weighted by Gasteiger charge is -1.99. The maximum atomic E-state index is 5.14. The van der Waals surface area contributed by atoms with Crippen LogP contribution in [0, 0.1) is 6.92 Å². The standard InChI is InChI=1S/C11H15N3OS/c1-8-6-10(13-14(8)2)12-7-9-4-5-11(15-3)16-9/h4-6H,7H2,1-3H3,(H,12,13). The van der Waals surface area contributed by atoms with Gasteiger partial charge in [-0.05, 0) is 19.1 Å². The minimum absolute atomic E-state index is 0.782. The zero-order valence-electron chi connectivity index (χ0n) is 9.65. The second-order valence-corrected chi connectivity index (χ2v) is 4.70. The molecule has 0 saturated heterocycles. The molecule has 2 rings (SSSR count). The van der Waals surface area contributed by atoms with Crippen molar-refractivity contribution >= 4 is 17.2 Å². The number of methoxy groups -OCH3 is 1. The van der Waals surface area contributed by atoms with Crippen LogP contribution >= 0.6 is 11.3 Å². The Morgan fingerprint density at radius 3 is 2.88 bits per heavy atom. The van der Waals surface area contributed by atoms with Gasteiger partial charge in [0.15, 0.2) is 5.06 Å². The molecule has 0 aliphatic heterocycles. The fraction of sp³-hybridized carbons (Fsp3) is 0.364. The lowest BCUT2D eigenvalue weighted by atomic mass is 10.4. The summed E-state index contributed by atoms with van der Waals surface area (Å²) in [6.45, 7) is 2.82. The summed E-state index contributed by atoms with van der Waals surface area (Å²) in [5.74, 6) is 0.910. The van der Waals surface area contributed by atoms with Crippen molar-refractivity contribution in [2.24, 2.45) is 7.05 Å². The van der Waals surface area contributed by atoms with E-state index in [1.54, 1.807) is 18.4 Å². The van der Waals surface area contributed by atoms with Gasteiger partial charge in [0.1, 0.15) is 5.82 Å². The minimum Gasteiger partial charge on any atom is -0.487 e. The van der Waals surface area contributed by atoms with Crippen molar-refractivity contribution in [3.63, 3.8) is 0 Å². The monoisotopic (exact) mass is 237 g/mol. The Kier molecular flexibility index (Phi) is 3.14. The summed E-state index contributed by atoms with van der Waals surface area (Å²) >= 11 is 1.64. The summed E-state index contributed by atoms with van der Waals surface area (Å²) in [5.41, 5.74) is 1.14. The lowest BCUT2D eigenvalue weighted by molar-refractivity contribution is 0.427. The normalized spacial score (nSPS) is 10.4. The van der Waals surface area contributed by atoms with Gasteiger partial charge in [-0.1, -0.05) is 0 Å². The Bertz CT molecular complexity index is 456. The Hall–Kier alpha value is -1.49. The Labute approximate surface area is 98.9 Å². The molecule has 0 radical (unpaired) electrons. The van der Waals surface area contributed by atoms with E-state index < -0.39 is 0 Å². The van der Waals surface area contributed by atoms with Crippen LogP contribution in [0.5, 0.6) is 5.06 Å². The molecule has 0 spiro atoms. The van der Waals surface area contributed by atoms with E-state index in [0.29, 0.717) is 0 Å². The summed E-state index contributed by atoms with van der Waals surface area (Å²) in [6.07, 6.45) is 0. The zero-order valence-corrected chi connectivity index (χ0v) is 10.5. The number of nitrogens with zero attached hydrogens (tertiary/aromatic N) is 2. The predicted octanol–water partition coefficient (Wildman–Crippen LogP) is 2.41. The summed E-state index contributed by atoms with van der Waals surface area (Å²) in [6, 6.07) is 6.07. The van der Waals surface area contributed by atoms with Gasteiger partial charge in [0.2, 0.25) is 0 Å². The van der Waals surface area contributed by atoms with Crippen LogP contribution < -0.4 is 10.1 Å². The largest absolute Gasteiger partial charge is 0.487 e. The van der Waals surface area contributed by atoms with E-state index in [4.69, 9.17) is 4.74 Å². The molecule has 0 bridgehead atoms. The minimum atomic E-state index is 0.782. The topological polar surface area (TPSA) is 39.1 Å². The first-order valence-corrected chi connectivity index (χ1v) is 5.88. The van der Waals surface area contributed by atoms with E-state index in [1.165, 1.54) is 4.88 Å². The van der Waals surface area contributed by atoms with E-state index in [-0.39, 0.29) is 0 Å². The molecule has 0 aliphatic rings. The third kappa shape index (κ3) is 2.36. The number of nitrogens with one attached hydrogen (secondary N) is 1. The highest BCUT2D eigenvalue weighted by molar-refractivity contribution is 7.13. The molecule has 2 aromatic rings. The average Bonchev–Trinajstić information content (AvgIpc) is 2.84. The van der Waals surface area contributed by atoms with Gasteiger partial charge in [-0.2, -0.15) is 5.10 Å². The molecule has 0 atom stereocenters. The first kappa shape index (κ1) is 11.0. The number of ether oxygens (including phenoxy) is 1. The second-order valence-electron chi connectivity index (χ2n) is 3.57. The first-order valence-electron chi connectivity index (χ1n) is 5.06. The SMILES string of the molecule is COc1ccc(CNc2cc(C)n(C)n2)s1. The van der Waals surface area contributed by atoms with E-state index in [2.05, 4.69) is 16.5 Å². The van der Waals surface area contributed by atoms with Gasteiger partial charge >= 0.3 is 0 Å². The molecular weight excluding hydrogens is 222 g/mol. The molecule has 16 heavy (non-hydrogen) atoms. The van der Waals surface area contributed by atoms with Gasteiger partial charge < -0.3 is 10.1 Å². The molecule has 86 valence electrons. The van der Waals surface area contributed by atoms with Crippen molar-refractivity contribution in [1.29, 1.82) is 0 Å². The van der Waals surface area contributed by atoms with Gasteiger partial charge in [0, 0.05) is 23.7 Å². The molecule has 0 unspecified atom stereocenters. The third-order valence-corrected chi connectivity index (χ3v) is 3.44. The highest BCUT2D eigenvalue weighted by atomic mass is 32.1. The van der Waals surface area contributed by atoms with Crippen LogP contribution in [0.25, 0.3) is 0 Å². The van der Waals surface area contributed by atoms with Crippen LogP contribution in [0.3, 0.4) is 0 Å². The van der Waals surface area contributed by atoms with Gasteiger partial charge in [-0.3, -0.25) is 4.68 Å². The van der Waals surface area contributed by atoms with Crippen molar-refractivity contribution in [3.05, 3.63) is 28.8 Å². The molecular formula is C11H15N3OS. The molecule has 2 heterocycles. The Morgan fingerprint density at radius 1 is 1.50 bits per heavy atom. The number of thiophene rings is 1. The Morgan fingerprint density at radius 2 is 2.31 bits per heavy atom. The maximum Gasteiger partial charge on any atom is 0.173 e. The number of rotatable bonds is 4. The molecule has 1 N–H and O–H groups in total. The van der Waals surface area contributed by atoms with E-state index in [1.807, 2.05) is 30.8 Å². The van der Waals surface area contributed by atoms with Crippen LogP contribution in [0.1, 0.15) is 10.6 Å². The molecule has 5 heteroatoms. The van der Waals surface area contributed by atoms with Crippen LogP contribution in [-0.4, -0.2) is 16.9 Å². The third-order valence-electron chi connectivity index (χ3n) is 2.40. The summed E-state index contributed by atoms with van der Waals surface area (Å²) in [5, 5.41) is 8.55. The molecule has 0 saturated carbocycles. The number of hydrogen-bond donors (Lipinski definition) is 1. The molecule has 0 amide bonds.